The minimum atomic E-state index is -4.41. The smallest absolute Gasteiger partial charge is 1.00 e. The maximum absolute atomic E-state index is 14.2. The van der Waals surface area contributed by atoms with Gasteiger partial charge in [0.2, 0.25) is 0 Å². The van der Waals surface area contributed by atoms with Gasteiger partial charge >= 0.3 is 275 Å². The molecule has 244 valence electrons. The van der Waals surface area contributed by atoms with Crippen molar-refractivity contribution in [1.82, 2.24) is 0 Å². The van der Waals surface area contributed by atoms with Crippen LogP contribution in [0, 0.1) is 6.92 Å². The second kappa shape index (κ2) is 13.8. The van der Waals surface area contributed by atoms with Gasteiger partial charge < -0.3 is 24.8 Å². The number of hydrogen-bond acceptors (Lipinski definition) is 0. The molecule has 6 rings (SSSR count). The molecule has 0 nitrogen and oxygen atoms in total. The van der Waals surface area contributed by atoms with Gasteiger partial charge in [0.05, 0.1) is 0 Å². The van der Waals surface area contributed by atoms with Crippen molar-refractivity contribution in [2.75, 3.05) is 0 Å². The zero-order valence-electron chi connectivity index (χ0n) is 28.0. The van der Waals surface area contributed by atoms with Gasteiger partial charge in [0, 0.05) is 0 Å². The minimum Gasteiger partial charge on any atom is -1.00 e. The van der Waals surface area contributed by atoms with Gasteiger partial charge in [-0.15, -0.1) is 0 Å². The molecule has 0 amide bonds. The number of fused-ring (bicyclic) bond motifs is 3. The predicted octanol–water partition coefficient (Wildman–Crippen LogP) is 4.54. The first-order valence-corrected chi connectivity index (χ1v) is 19.5. The van der Waals surface area contributed by atoms with Crippen LogP contribution < -0.4 is 28.1 Å². The van der Waals surface area contributed by atoms with E-state index in [2.05, 4.69) is 121 Å². The van der Waals surface area contributed by atoms with Crippen LogP contribution in [0.15, 0.2) is 100 Å². The SMILES string of the molecule is Cc1ccc(/[C](c2cccc(C(F)(F)F)c2)=[Zr+2](\[C]2=CC=CC2)[c]2c(C(C)(C)C)ccc3c2Cc2cc(C(C)(C)C)ccc2-3)cc1.[Cl-].[Cl-]. The summed E-state index contributed by atoms with van der Waals surface area (Å²) >= 11 is -3.18. The Morgan fingerprint density at radius 3 is 1.98 bits per heavy atom. The summed E-state index contributed by atoms with van der Waals surface area (Å²) in [6.07, 6.45) is 3.89. The Kier molecular flexibility index (Phi) is 10.9. The predicted molar refractivity (Wildman–Crippen MR) is 179 cm³/mol. The Hall–Kier alpha value is -2.52. The largest absolute Gasteiger partial charge is 1.00 e. The molecule has 0 N–H and O–H groups in total. The Balaban J connectivity index is 0.00000250. The number of allylic oxidation sites excluding steroid dienone is 4. The van der Waals surface area contributed by atoms with Crippen LogP contribution in [0.25, 0.3) is 11.1 Å². The van der Waals surface area contributed by atoms with Gasteiger partial charge in [-0.3, -0.25) is 0 Å². The molecular weight excluding hydrogens is 712 g/mol. The first kappa shape index (κ1) is 37.3. The number of hydrogen-bond donors (Lipinski definition) is 0. The van der Waals surface area contributed by atoms with Gasteiger partial charge in [-0.25, -0.2) is 0 Å². The third kappa shape index (κ3) is 7.41. The quantitative estimate of drug-likeness (QED) is 0.253. The summed E-state index contributed by atoms with van der Waals surface area (Å²) in [5, 5.41) is 0. The van der Waals surface area contributed by atoms with E-state index in [1.807, 2.05) is 6.07 Å². The number of aryl methyl sites for hydroxylation is 1. The third-order valence-corrected chi connectivity index (χ3v) is 16.9. The third-order valence-electron chi connectivity index (χ3n) is 9.16. The fourth-order valence-corrected chi connectivity index (χ4v) is 15.7. The first-order valence-electron chi connectivity index (χ1n) is 15.8. The van der Waals surface area contributed by atoms with Crippen LogP contribution in [-0.2, 0) is 44.7 Å². The van der Waals surface area contributed by atoms with Crippen LogP contribution in [0.2, 0.25) is 0 Å². The molecular formula is C41H41Cl2F3Zr. The molecule has 0 heterocycles. The second-order valence-corrected chi connectivity index (χ2v) is 20.5. The maximum atomic E-state index is 14.2. The average Bonchev–Trinajstić information content (AvgIpc) is 3.63. The van der Waals surface area contributed by atoms with E-state index in [1.54, 1.807) is 6.07 Å². The van der Waals surface area contributed by atoms with E-state index < -0.39 is 33.0 Å². The molecule has 4 aromatic carbocycles. The van der Waals surface area contributed by atoms with Gasteiger partial charge in [0.1, 0.15) is 0 Å². The van der Waals surface area contributed by atoms with Crippen molar-refractivity contribution >= 4 is 6.48 Å². The molecule has 0 aliphatic heterocycles. The van der Waals surface area contributed by atoms with Crippen molar-refractivity contribution in [3.63, 3.8) is 0 Å². The number of alkyl halides is 3. The minimum absolute atomic E-state index is 0. The van der Waals surface area contributed by atoms with Crippen LogP contribution in [-0.4, -0.2) is 3.21 Å². The van der Waals surface area contributed by atoms with E-state index in [0.29, 0.717) is 5.56 Å². The van der Waals surface area contributed by atoms with Crippen LogP contribution >= 0.6 is 0 Å². The first-order chi connectivity index (χ1) is 21.1. The van der Waals surface area contributed by atoms with E-state index in [4.69, 9.17) is 0 Å². The summed E-state index contributed by atoms with van der Waals surface area (Å²) in [5.74, 6) is 0. The van der Waals surface area contributed by atoms with Crippen molar-refractivity contribution in [2.24, 2.45) is 0 Å². The summed E-state index contributed by atoms with van der Waals surface area (Å²) in [7, 11) is 0. The molecule has 0 unspecified atom stereocenters. The summed E-state index contributed by atoms with van der Waals surface area (Å²) in [4.78, 5) is 0. The van der Waals surface area contributed by atoms with Crippen LogP contribution in [0.4, 0.5) is 13.2 Å². The van der Waals surface area contributed by atoms with Gasteiger partial charge in [0.15, 0.2) is 0 Å². The van der Waals surface area contributed by atoms with Crippen molar-refractivity contribution in [3.05, 3.63) is 145 Å². The molecule has 0 saturated heterocycles. The number of halogens is 5. The van der Waals surface area contributed by atoms with E-state index in [9.17, 15) is 13.2 Å². The van der Waals surface area contributed by atoms with Gasteiger partial charge in [0.25, 0.3) is 0 Å². The van der Waals surface area contributed by atoms with E-state index in [0.717, 1.165) is 27.2 Å². The molecule has 2 aliphatic rings. The Morgan fingerprint density at radius 1 is 0.702 bits per heavy atom. The average molecular weight is 753 g/mol. The number of benzene rings is 4. The summed E-state index contributed by atoms with van der Waals surface area (Å²) < 4.78 is 46.4. The topological polar surface area (TPSA) is 0 Å². The Labute approximate surface area is 298 Å². The van der Waals surface area contributed by atoms with Crippen molar-refractivity contribution in [2.45, 2.75) is 78.3 Å². The van der Waals surface area contributed by atoms with Crippen LogP contribution in [0.5, 0.6) is 0 Å². The van der Waals surface area contributed by atoms with Gasteiger partial charge in [-0.2, -0.15) is 0 Å². The normalized spacial score (nSPS) is 14.1. The van der Waals surface area contributed by atoms with Crippen LogP contribution in [0.3, 0.4) is 0 Å². The molecule has 6 heteroatoms. The molecule has 0 fully saturated rings. The molecule has 0 atom stereocenters. The number of rotatable bonds is 4. The molecule has 2 aliphatic carbocycles. The van der Waals surface area contributed by atoms with Gasteiger partial charge in [-0.05, 0) is 0 Å². The fourth-order valence-electron chi connectivity index (χ4n) is 6.76. The Morgan fingerprint density at radius 2 is 1.38 bits per heavy atom. The zero-order chi connectivity index (χ0) is 32.3. The molecule has 47 heavy (non-hydrogen) atoms. The fraction of sp³-hybridized carbons (Fsp3) is 0.293. The van der Waals surface area contributed by atoms with E-state index in [1.165, 1.54) is 52.1 Å². The Bertz CT molecular complexity index is 1900. The van der Waals surface area contributed by atoms with Crippen LogP contribution in [0.1, 0.15) is 92.5 Å². The zero-order valence-corrected chi connectivity index (χ0v) is 32.0. The molecule has 0 aromatic heterocycles. The summed E-state index contributed by atoms with van der Waals surface area (Å²) in [6.45, 7) is 15.6. The molecule has 0 bridgehead atoms. The second-order valence-electron chi connectivity index (χ2n) is 14.6. The molecule has 4 aromatic rings. The van der Waals surface area contributed by atoms with E-state index >= 15 is 0 Å². The van der Waals surface area contributed by atoms with Crippen molar-refractivity contribution in [3.8, 4) is 11.1 Å². The molecule has 0 radical (unpaired) electrons. The molecule has 0 spiro atoms. The standard InChI is InChI=1S/C21H25.C15H11F3.C5H5.2ClH.Zr/c1-20(2,3)16-7-9-18-14(12-16)11-15-13-17(21(4,5)6)8-10-19(15)18;1-11-5-7-12(8-6-11)9-13-3-2-4-14(10-13)15(16,17)18;1-2-4-5-3-1;;;/h7-10,12H,11H2,1-6H3;2-8,10H,1H3;1-3H,4H2;2*1H;/q;;;;;+2/p-2. The van der Waals surface area contributed by atoms with Crippen molar-refractivity contribution < 1.29 is 59.3 Å². The maximum Gasteiger partial charge on any atom is -1.00 e. The van der Waals surface area contributed by atoms with Gasteiger partial charge in [-0.1, -0.05) is 0 Å². The monoisotopic (exact) mass is 750 g/mol. The molecule has 0 saturated carbocycles. The summed E-state index contributed by atoms with van der Waals surface area (Å²) in [6, 6.07) is 26.1. The van der Waals surface area contributed by atoms with Crippen molar-refractivity contribution in [1.29, 1.82) is 0 Å². The summed E-state index contributed by atoms with van der Waals surface area (Å²) in [5.41, 5.74) is 10.1. The van der Waals surface area contributed by atoms with E-state index in [-0.39, 0.29) is 35.6 Å².